The number of aliphatic imine (C=N–C) groups is 1. The first-order valence-electron chi connectivity index (χ1n) is 9.65. The number of guanidine groups is 1. The van der Waals surface area contributed by atoms with Crippen molar-refractivity contribution < 1.29 is 22.6 Å². The number of rotatable bonds is 7. The average molecular weight is 550 g/mol. The number of hydrogen-bond donors (Lipinski definition) is 2. The van der Waals surface area contributed by atoms with Gasteiger partial charge in [0.25, 0.3) is 0 Å². The molecule has 0 amide bonds. The molecule has 0 spiro atoms. The Morgan fingerprint density at radius 1 is 1.13 bits per heavy atom. The number of ether oxygens (including phenoxy) is 2. The van der Waals surface area contributed by atoms with Gasteiger partial charge in [-0.05, 0) is 56.3 Å². The van der Waals surface area contributed by atoms with E-state index in [2.05, 4.69) is 19.9 Å². The Morgan fingerprint density at radius 2 is 1.77 bits per heavy atom. The van der Waals surface area contributed by atoms with Crippen LogP contribution < -0.4 is 20.5 Å². The van der Waals surface area contributed by atoms with Crippen LogP contribution in [0.5, 0.6) is 11.5 Å². The van der Waals surface area contributed by atoms with E-state index in [4.69, 9.17) is 10.5 Å². The van der Waals surface area contributed by atoms with Gasteiger partial charge in [0, 0.05) is 11.3 Å². The Hall–Kier alpha value is -2.21. The minimum Gasteiger partial charge on any atom is -0.496 e. The van der Waals surface area contributed by atoms with Gasteiger partial charge in [-0.15, -0.1) is 37.1 Å². The van der Waals surface area contributed by atoms with E-state index in [1.54, 1.807) is 7.11 Å². The van der Waals surface area contributed by atoms with Gasteiger partial charge in [0.15, 0.2) is 5.96 Å². The molecule has 10 heteroatoms. The molecule has 2 aromatic carbocycles. The van der Waals surface area contributed by atoms with E-state index in [0.717, 1.165) is 37.2 Å². The van der Waals surface area contributed by atoms with Gasteiger partial charge in [0.2, 0.25) is 0 Å². The second-order valence-electron chi connectivity index (χ2n) is 6.92. The first kappa shape index (κ1) is 25.1. The van der Waals surface area contributed by atoms with Gasteiger partial charge in [-0.1, -0.05) is 18.2 Å². The Labute approximate surface area is 196 Å². The fraction of sp³-hybridized carbons (Fsp3) is 0.381. The molecule has 1 aliphatic heterocycles. The molecule has 0 bridgehead atoms. The molecule has 31 heavy (non-hydrogen) atoms. The number of methoxy groups -OCH3 is 1. The molecule has 1 atom stereocenters. The molecule has 3 rings (SSSR count). The molecule has 0 radical (unpaired) electrons. The molecular formula is C21H26F3IN4O2. The van der Waals surface area contributed by atoms with Gasteiger partial charge in [-0.2, -0.15) is 0 Å². The van der Waals surface area contributed by atoms with Crippen molar-refractivity contribution in [2.45, 2.75) is 25.2 Å². The van der Waals surface area contributed by atoms with Crippen LogP contribution in [0, 0.1) is 0 Å². The SMILES string of the molecule is COc1ccccc1C(CN=C(N)Nc1ccc(OC(F)(F)F)cc1)N1CCCC1.I. The number of likely N-dealkylation sites (tertiary alicyclic amines) is 1. The fourth-order valence-electron chi connectivity index (χ4n) is 3.52. The number of nitrogens with two attached hydrogens (primary N) is 1. The maximum atomic E-state index is 12.3. The first-order chi connectivity index (χ1) is 14.4. The molecule has 1 fully saturated rings. The fourth-order valence-corrected chi connectivity index (χ4v) is 3.52. The van der Waals surface area contributed by atoms with Crippen molar-refractivity contribution >= 4 is 35.6 Å². The summed E-state index contributed by atoms with van der Waals surface area (Å²) in [6.45, 7) is 2.38. The van der Waals surface area contributed by atoms with Crippen LogP contribution in [0.3, 0.4) is 0 Å². The summed E-state index contributed by atoms with van der Waals surface area (Å²) in [4.78, 5) is 6.83. The van der Waals surface area contributed by atoms with E-state index in [-0.39, 0.29) is 41.7 Å². The Morgan fingerprint density at radius 3 is 2.39 bits per heavy atom. The maximum absolute atomic E-state index is 12.3. The summed E-state index contributed by atoms with van der Waals surface area (Å²) in [5, 5.41) is 2.90. The molecule has 1 unspecified atom stereocenters. The third-order valence-electron chi connectivity index (χ3n) is 4.87. The number of para-hydroxylation sites is 1. The Bertz CT molecular complexity index is 856. The predicted molar refractivity (Wildman–Crippen MR) is 125 cm³/mol. The van der Waals surface area contributed by atoms with Crippen LogP contribution in [-0.4, -0.2) is 44.0 Å². The second kappa shape index (κ2) is 11.4. The van der Waals surface area contributed by atoms with Crippen LogP contribution in [0.4, 0.5) is 18.9 Å². The maximum Gasteiger partial charge on any atom is 0.573 e. The molecule has 1 heterocycles. The lowest BCUT2D eigenvalue weighted by Crippen LogP contribution is -2.30. The van der Waals surface area contributed by atoms with Crippen molar-refractivity contribution in [2.24, 2.45) is 10.7 Å². The number of alkyl halides is 3. The van der Waals surface area contributed by atoms with Crippen LogP contribution in [0.2, 0.25) is 0 Å². The minimum atomic E-state index is -4.72. The lowest BCUT2D eigenvalue weighted by Gasteiger charge is -2.28. The van der Waals surface area contributed by atoms with Crippen molar-refractivity contribution in [1.29, 1.82) is 0 Å². The zero-order valence-corrected chi connectivity index (χ0v) is 19.4. The molecule has 1 aliphatic rings. The molecule has 0 saturated carbocycles. The highest BCUT2D eigenvalue weighted by atomic mass is 127. The Balaban J connectivity index is 0.00000341. The van der Waals surface area contributed by atoms with Gasteiger partial charge in [0.05, 0.1) is 19.7 Å². The summed E-state index contributed by atoms with van der Waals surface area (Å²) in [5.74, 6) is 0.684. The number of hydrogen-bond acceptors (Lipinski definition) is 4. The number of benzene rings is 2. The molecular weight excluding hydrogens is 524 g/mol. The van der Waals surface area contributed by atoms with Gasteiger partial charge < -0.3 is 20.5 Å². The summed E-state index contributed by atoms with van der Waals surface area (Å²) >= 11 is 0. The molecule has 2 aromatic rings. The zero-order valence-electron chi connectivity index (χ0n) is 17.1. The summed E-state index contributed by atoms with van der Waals surface area (Å²) in [7, 11) is 1.64. The third-order valence-corrected chi connectivity index (χ3v) is 4.87. The quantitative estimate of drug-likeness (QED) is 0.295. The van der Waals surface area contributed by atoms with Gasteiger partial charge >= 0.3 is 6.36 Å². The highest BCUT2D eigenvalue weighted by Crippen LogP contribution is 2.32. The lowest BCUT2D eigenvalue weighted by molar-refractivity contribution is -0.274. The molecule has 0 aromatic heterocycles. The van der Waals surface area contributed by atoms with Crippen molar-refractivity contribution in [3.63, 3.8) is 0 Å². The molecule has 0 aliphatic carbocycles. The van der Waals surface area contributed by atoms with Crippen molar-refractivity contribution in [3.8, 4) is 11.5 Å². The normalized spacial score (nSPS) is 15.8. The van der Waals surface area contributed by atoms with Crippen molar-refractivity contribution in [2.75, 3.05) is 32.1 Å². The highest BCUT2D eigenvalue weighted by Gasteiger charge is 2.31. The van der Waals surface area contributed by atoms with Gasteiger partial charge in [0.1, 0.15) is 11.5 Å². The van der Waals surface area contributed by atoms with Crippen LogP contribution >= 0.6 is 24.0 Å². The average Bonchev–Trinajstić information content (AvgIpc) is 3.23. The molecule has 170 valence electrons. The summed E-state index contributed by atoms with van der Waals surface area (Å²) in [6.07, 6.45) is -2.45. The largest absolute Gasteiger partial charge is 0.573 e. The highest BCUT2D eigenvalue weighted by molar-refractivity contribution is 14.0. The smallest absolute Gasteiger partial charge is 0.496 e. The topological polar surface area (TPSA) is 72.1 Å². The summed E-state index contributed by atoms with van der Waals surface area (Å²) in [5.41, 5.74) is 7.58. The van der Waals surface area contributed by atoms with Gasteiger partial charge in [-0.3, -0.25) is 9.89 Å². The number of nitrogens with zero attached hydrogens (tertiary/aromatic N) is 2. The van der Waals surface area contributed by atoms with Gasteiger partial charge in [-0.25, -0.2) is 0 Å². The predicted octanol–water partition coefficient (Wildman–Crippen LogP) is 4.78. The second-order valence-corrected chi connectivity index (χ2v) is 6.92. The van der Waals surface area contributed by atoms with E-state index in [1.807, 2.05) is 24.3 Å². The standard InChI is InChI=1S/C21H25F3N4O2.HI/c1-29-19-7-3-2-6-17(19)18(28-12-4-5-13-28)14-26-20(25)27-15-8-10-16(11-9-15)30-21(22,23)24;/h2-3,6-11,18H,4-5,12-14H2,1H3,(H3,25,26,27);1H. The van der Waals surface area contributed by atoms with Crippen LogP contribution in [0.25, 0.3) is 0 Å². The number of anilines is 1. The number of nitrogens with one attached hydrogen (secondary N) is 1. The van der Waals surface area contributed by atoms with E-state index in [9.17, 15) is 13.2 Å². The van der Waals surface area contributed by atoms with E-state index >= 15 is 0 Å². The zero-order chi connectivity index (χ0) is 21.6. The van der Waals surface area contributed by atoms with Crippen molar-refractivity contribution in [3.05, 3.63) is 54.1 Å². The van der Waals surface area contributed by atoms with Crippen LogP contribution in [-0.2, 0) is 0 Å². The van der Waals surface area contributed by atoms with E-state index in [0.29, 0.717) is 12.2 Å². The third kappa shape index (κ3) is 7.46. The van der Waals surface area contributed by atoms with E-state index in [1.165, 1.54) is 24.3 Å². The van der Waals surface area contributed by atoms with Crippen LogP contribution in [0.1, 0.15) is 24.4 Å². The molecule has 6 nitrogen and oxygen atoms in total. The summed E-state index contributed by atoms with van der Waals surface area (Å²) in [6, 6.07) is 13.2. The molecule has 1 saturated heterocycles. The van der Waals surface area contributed by atoms with Crippen molar-refractivity contribution in [1.82, 2.24) is 4.90 Å². The first-order valence-corrected chi connectivity index (χ1v) is 9.65. The monoisotopic (exact) mass is 550 g/mol. The minimum absolute atomic E-state index is 0. The number of halogens is 4. The van der Waals surface area contributed by atoms with Crippen LogP contribution in [0.15, 0.2) is 53.5 Å². The molecule has 3 N–H and O–H groups in total. The Kier molecular flexibility index (Phi) is 9.23. The lowest BCUT2D eigenvalue weighted by atomic mass is 10.0. The summed E-state index contributed by atoms with van der Waals surface area (Å²) < 4.78 is 46.2. The van der Waals surface area contributed by atoms with E-state index < -0.39 is 6.36 Å².